The Morgan fingerprint density at radius 3 is 2.70 bits per heavy atom. The van der Waals surface area contributed by atoms with Gasteiger partial charge in [0.15, 0.2) is 0 Å². The highest BCUT2D eigenvalue weighted by molar-refractivity contribution is 5.79. The van der Waals surface area contributed by atoms with Gasteiger partial charge in [0.2, 0.25) is 5.91 Å². The van der Waals surface area contributed by atoms with Gasteiger partial charge in [-0.15, -0.1) is 0 Å². The van der Waals surface area contributed by atoms with E-state index in [-0.39, 0.29) is 17.6 Å². The van der Waals surface area contributed by atoms with E-state index in [0.717, 1.165) is 36.8 Å². The average molecular weight is 371 g/mol. The maximum atomic E-state index is 14.0. The predicted octanol–water partition coefficient (Wildman–Crippen LogP) is 3.29. The minimum atomic E-state index is -0.376. The molecule has 3 rings (SSSR count). The van der Waals surface area contributed by atoms with Crippen LogP contribution >= 0.6 is 0 Å². The van der Waals surface area contributed by atoms with Crippen molar-refractivity contribution in [1.29, 1.82) is 0 Å². The first-order chi connectivity index (χ1) is 13.1. The van der Waals surface area contributed by atoms with E-state index >= 15 is 0 Å². The van der Waals surface area contributed by atoms with Crippen molar-refractivity contribution in [2.24, 2.45) is 5.92 Å². The van der Waals surface area contributed by atoms with Gasteiger partial charge in [0.1, 0.15) is 11.6 Å². The molecule has 1 heterocycles. The van der Waals surface area contributed by atoms with Crippen LogP contribution in [0.3, 0.4) is 0 Å². The van der Waals surface area contributed by atoms with Crippen molar-refractivity contribution in [3.8, 4) is 16.9 Å². The van der Waals surface area contributed by atoms with E-state index in [2.05, 4.69) is 15.6 Å². The predicted molar refractivity (Wildman–Crippen MR) is 103 cm³/mol. The monoisotopic (exact) mass is 371 g/mol. The van der Waals surface area contributed by atoms with Crippen molar-refractivity contribution in [3.05, 3.63) is 48.0 Å². The van der Waals surface area contributed by atoms with Crippen molar-refractivity contribution in [2.75, 3.05) is 14.2 Å². The summed E-state index contributed by atoms with van der Waals surface area (Å²) in [5, 5.41) is 6.30. The zero-order chi connectivity index (χ0) is 19.2. The van der Waals surface area contributed by atoms with Gasteiger partial charge in [-0.05, 0) is 56.5 Å². The fourth-order valence-electron chi connectivity index (χ4n) is 3.66. The second kappa shape index (κ2) is 8.95. The molecule has 0 saturated heterocycles. The number of pyridine rings is 1. The molecule has 2 N–H and O–H groups in total. The maximum Gasteiger partial charge on any atom is 0.223 e. The summed E-state index contributed by atoms with van der Waals surface area (Å²) < 4.78 is 19.4. The Bertz CT molecular complexity index is 789. The van der Waals surface area contributed by atoms with Crippen LogP contribution in [-0.2, 0) is 11.3 Å². The Kier molecular flexibility index (Phi) is 6.40. The number of amides is 1. The number of benzene rings is 1. The zero-order valence-electron chi connectivity index (χ0n) is 15.8. The summed E-state index contributed by atoms with van der Waals surface area (Å²) in [6, 6.07) is 7.62. The Labute approximate surface area is 159 Å². The third kappa shape index (κ3) is 4.63. The highest BCUT2D eigenvalue weighted by Crippen LogP contribution is 2.29. The largest absolute Gasteiger partial charge is 0.496 e. The SMILES string of the molecule is CNC1CCC(C(=O)NCc2cc(-c3ccncc3F)ccc2OC)CC1. The first kappa shape index (κ1) is 19.3. The van der Waals surface area contributed by atoms with Gasteiger partial charge >= 0.3 is 0 Å². The molecule has 5 nitrogen and oxygen atoms in total. The van der Waals surface area contributed by atoms with Gasteiger partial charge in [-0.3, -0.25) is 9.78 Å². The summed E-state index contributed by atoms with van der Waals surface area (Å²) in [5.41, 5.74) is 2.03. The minimum Gasteiger partial charge on any atom is -0.496 e. The number of carbonyl (C=O) groups is 1. The van der Waals surface area contributed by atoms with Crippen molar-refractivity contribution < 1.29 is 13.9 Å². The van der Waals surface area contributed by atoms with E-state index in [0.29, 0.717) is 23.9 Å². The first-order valence-corrected chi connectivity index (χ1v) is 9.34. The number of halogens is 1. The second-order valence-electron chi connectivity index (χ2n) is 6.94. The topological polar surface area (TPSA) is 63.2 Å². The van der Waals surface area contributed by atoms with Gasteiger partial charge in [-0.25, -0.2) is 4.39 Å². The second-order valence-corrected chi connectivity index (χ2v) is 6.94. The molecule has 1 aromatic heterocycles. The molecule has 1 aliphatic carbocycles. The molecule has 0 unspecified atom stereocenters. The van der Waals surface area contributed by atoms with Crippen LogP contribution < -0.4 is 15.4 Å². The van der Waals surface area contributed by atoms with Gasteiger partial charge in [0.25, 0.3) is 0 Å². The summed E-state index contributed by atoms with van der Waals surface area (Å²) in [6.45, 7) is 0.356. The van der Waals surface area contributed by atoms with E-state index in [4.69, 9.17) is 4.74 Å². The molecule has 2 aromatic rings. The maximum absolute atomic E-state index is 14.0. The van der Waals surface area contributed by atoms with Gasteiger partial charge in [-0.1, -0.05) is 6.07 Å². The Morgan fingerprint density at radius 1 is 1.26 bits per heavy atom. The molecule has 1 aliphatic rings. The summed E-state index contributed by atoms with van der Waals surface area (Å²) in [5.74, 6) is 0.430. The number of hydrogen-bond acceptors (Lipinski definition) is 4. The Hall–Kier alpha value is -2.47. The molecule has 1 fully saturated rings. The number of hydrogen-bond donors (Lipinski definition) is 2. The Morgan fingerprint density at radius 2 is 2.04 bits per heavy atom. The number of rotatable bonds is 6. The molecule has 0 bridgehead atoms. The highest BCUT2D eigenvalue weighted by atomic mass is 19.1. The van der Waals surface area contributed by atoms with Gasteiger partial charge in [-0.2, -0.15) is 0 Å². The van der Waals surface area contributed by atoms with Crippen LogP contribution in [0.1, 0.15) is 31.2 Å². The van der Waals surface area contributed by atoms with Crippen LogP contribution in [0.15, 0.2) is 36.7 Å². The van der Waals surface area contributed by atoms with Crippen molar-refractivity contribution in [3.63, 3.8) is 0 Å². The lowest BCUT2D eigenvalue weighted by Gasteiger charge is -2.27. The third-order valence-corrected chi connectivity index (χ3v) is 5.32. The number of carbonyl (C=O) groups excluding carboxylic acids is 1. The molecule has 27 heavy (non-hydrogen) atoms. The molecular weight excluding hydrogens is 345 g/mol. The number of ether oxygens (including phenoxy) is 1. The number of nitrogens with zero attached hydrogens (tertiary/aromatic N) is 1. The van der Waals surface area contributed by atoms with Crippen molar-refractivity contribution in [2.45, 2.75) is 38.3 Å². The van der Waals surface area contributed by atoms with E-state index in [1.807, 2.05) is 19.2 Å². The lowest BCUT2D eigenvalue weighted by molar-refractivity contribution is -0.126. The van der Waals surface area contributed by atoms with E-state index in [1.165, 1.54) is 6.20 Å². The molecule has 0 aliphatic heterocycles. The van der Waals surface area contributed by atoms with Crippen LogP contribution in [0.5, 0.6) is 5.75 Å². The Balaban J connectivity index is 1.69. The smallest absolute Gasteiger partial charge is 0.223 e. The van der Waals surface area contributed by atoms with Crippen molar-refractivity contribution in [1.82, 2.24) is 15.6 Å². The lowest BCUT2D eigenvalue weighted by Crippen LogP contribution is -2.37. The zero-order valence-corrected chi connectivity index (χ0v) is 15.8. The average Bonchev–Trinajstić information content (AvgIpc) is 2.72. The van der Waals surface area contributed by atoms with Gasteiger partial charge in [0, 0.05) is 35.8 Å². The normalized spacial score (nSPS) is 19.5. The summed E-state index contributed by atoms with van der Waals surface area (Å²) >= 11 is 0. The quantitative estimate of drug-likeness (QED) is 0.818. The molecule has 0 spiro atoms. The summed E-state index contributed by atoms with van der Waals surface area (Å²) in [6.07, 6.45) is 6.60. The van der Waals surface area contributed by atoms with Crippen LogP contribution in [0.25, 0.3) is 11.1 Å². The van der Waals surface area contributed by atoms with E-state index in [9.17, 15) is 9.18 Å². The number of methoxy groups -OCH3 is 1. The number of aromatic nitrogens is 1. The number of nitrogens with one attached hydrogen (secondary N) is 2. The van der Waals surface area contributed by atoms with Gasteiger partial charge < -0.3 is 15.4 Å². The van der Waals surface area contributed by atoms with Crippen LogP contribution in [-0.4, -0.2) is 31.1 Å². The fourth-order valence-corrected chi connectivity index (χ4v) is 3.66. The first-order valence-electron chi connectivity index (χ1n) is 9.34. The summed E-state index contributed by atoms with van der Waals surface area (Å²) in [7, 11) is 3.56. The molecule has 1 aromatic carbocycles. The molecule has 1 saturated carbocycles. The summed E-state index contributed by atoms with van der Waals surface area (Å²) in [4.78, 5) is 16.3. The molecule has 144 valence electrons. The third-order valence-electron chi connectivity index (χ3n) is 5.32. The van der Waals surface area contributed by atoms with Crippen molar-refractivity contribution >= 4 is 5.91 Å². The molecule has 0 radical (unpaired) electrons. The lowest BCUT2D eigenvalue weighted by atomic mass is 9.85. The highest BCUT2D eigenvalue weighted by Gasteiger charge is 2.25. The van der Waals surface area contributed by atoms with E-state index in [1.54, 1.807) is 25.4 Å². The molecule has 1 amide bonds. The van der Waals surface area contributed by atoms with Crippen LogP contribution in [0, 0.1) is 11.7 Å². The van der Waals surface area contributed by atoms with Gasteiger partial charge in [0.05, 0.1) is 13.3 Å². The molecule has 6 heteroatoms. The fraction of sp³-hybridized carbons (Fsp3) is 0.429. The van der Waals surface area contributed by atoms with Crippen LogP contribution in [0.2, 0.25) is 0 Å². The van der Waals surface area contributed by atoms with Crippen LogP contribution in [0.4, 0.5) is 4.39 Å². The molecular formula is C21H26FN3O2. The minimum absolute atomic E-state index is 0.0569. The van der Waals surface area contributed by atoms with E-state index < -0.39 is 0 Å². The molecule has 0 atom stereocenters. The standard InChI is InChI=1S/C21H26FN3O2/c1-23-17-6-3-14(4-7-17)21(26)25-12-16-11-15(5-8-20(16)27-2)18-9-10-24-13-19(18)22/h5,8-11,13-14,17,23H,3-4,6-7,12H2,1-2H3,(H,25,26).